The highest BCUT2D eigenvalue weighted by molar-refractivity contribution is 5.89. The maximum Gasteiger partial charge on any atom is 0.321 e. The largest absolute Gasteiger partial charge is 0.489 e. The number of urea groups is 1. The van der Waals surface area contributed by atoms with Crippen LogP contribution in [-0.2, 0) is 0 Å². The van der Waals surface area contributed by atoms with Crippen LogP contribution in [0.3, 0.4) is 0 Å². The number of hydrogen-bond acceptors (Lipinski definition) is 3. The fourth-order valence-electron chi connectivity index (χ4n) is 1.66. The first-order valence-electron chi connectivity index (χ1n) is 6.91. The number of anilines is 1. The predicted molar refractivity (Wildman–Crippen MR) is 89.4 cm³/mol. The number of carbonyl (C=O) groups is 1. The minimum atomic E-state index is -0.139. The van der Waals surface area contributed by atoms with E-state index < -0.39 is 0 Å². The van der Waals surface area contributed by atoms with Crippen molar-refractivity contribution in [3.63, 3.8) is 0 Å². The summed E-state index contributed by atoms with van der Waals surface area (Å²) in [5.41, 5.74) is 6.40. The molecule has 1 aromatic carbocycles. The van der Waals surface area contributed by atoms with Gasteiger partial charge in [-0.2, -0.15) is 0 Å². The van der Waals surface area contributed by atoms with Gasteiger partial charge in [-0.05, 0) is 38.1 Å². The van der Waals surface area contributed by atoms with Crippen molar-refractivity contribution < 1.29 is 13.9 Å². The second-order valence-corrected chi connectivity index (χ2v) is 4.39. The van der Waals surface area contributed by atoms with Gasteiger partial charge in [0.15, 0.2) is 0 Å². The molecule has 0 atom stereocenters. The highest BCUT2D eigenvalue weighted by Gasteiger charge is 2.09. The van der Waals surface area contributed by atoms with Crippen LogP contribution in [-0.4, -0.2) is 37.2 Å². The van der Waals surface area contributed by atoms with E-state index in [0.29, 0.717) is 36.4 Å². The molecule has 3 N–H and O–H groups in total. The van der Waals surface area contributed by atoms with Gasteiger partial charge in [-0.3, -0.25) is 0 Å². The van der Waals surface area contributed by atoms with Crippen LogP contribution in [0.1, 0.15) is 13.8 Å². The van der Waals surface area contributed by atoms with Crippen LogP contribution in [0.15, 0.2) is 36.2 Å². The smallest absolute Gasteiger partial charge is 0.321 e. The summed E-state index contributed by atoms with van der Waals surface area (Å²) < 4.78 is 17.7. The molecule has 0 bridgehead atoms. The Hall–Kier alpha value is -1.79. The molecular formula is C15H23ClFN3O2. The van der Waals surface area contributed by atoms with E-state index in [2.05, 4.69) is 5.32 Å². The molecule has 1 aromatic rings. The Morgan fingerprint density at radius 3 is 2.36 bits per heavy atom. The monoisotopic (exact) mass is 331 g/mol. The second-order valence-electron chi connectivity index (χ2n) is 4.39. The molecule has 0 aliphatic carbocycles. The van der Waals surface area contributed by atoms with E-state index in [1.165, 1.54) is 0 Å². The zero-order valence-corrected chi connectivity index (χ0v) is 13.7. The Labute approximate surface area is 136 Å². The van der Waals surface area contributed by atoms with Crippen molar-refractivity contribution in [3.05, 3.63) is 36.2 Å². The van der Waals surface area contributed by atoms with Gasteiger partial charge in [0.05, 0.1) is 6.33 Å². The standard InChI is InChI=1S/C15H22FN3O2.ClH/c1-3-19(4-2)15(20)18-13-5-7-14(8-6-13)21-11-12(9-16)10-17;/h5-9H,3-4,10-11,17H2,1-2H3,(H,18,20);1H. The third kappa shape index (κ3) is 6.32. The van der Waals surface area contributed by atoms with Gasteiger partial charge in [0, 0.05) is 30.9 Å². The number of carbonyl (C=O) groups excluding carboxylic acids is 1. The van der Waals surface area contributed by atoms with Crippen LogP contribution in [0.25, 0.3) is 0 Å². The average molecular weight is 332 g/mol. The number of amides is 2. The normalized spacial score (nSPS) is 10.6. The van der Waals surface area contributed by atoms with Gasteiger partial charge < -0.3 is 20.7 Å². The van der Waals surface area contributed by atoms with Gasteiger partial charge in [-0.25, -0.2) is 9.18 Å². The number of benzene rings is 1. The molecule has 22 heavy (non-hydrogen) atoms. The van der Waals surface area contributed by atoms with Crippen LogP contribution in [0.2, 0.25) is 0 Å². The first kappa shape index (κ1) is 20.2. The minimum Gasteiger partial charge on any atom is -0.489 e. The van der Waals surface area contributed by atoms with Gasteiger partial charge in [0.25, 0.3) is 0 Å². The number of rotatable bonds is 7. The lowest BCUT2D eigenvalue weighted by atomic mass is 10.3. The topological polar surface area (TPSA) is 67.6 Å². The van der Waals surface area contributed by atoms with Crippen molar-refractivity contribution in [2.45, 2.75) is 13.8 Å². The highest BCUT2D eigenvalue weighted by atomic mass is 35.5. The van der Waals surface area contributed by atoms with E-state index in [1.54, 1.807) is 29.2 Å². The molecule has 0 saturated heterocycles. The van der Waals surface area contributed by atoms with Crippen molar-refractivity contribution in [1.29, 1.82) is 0 Å². The Balaban J connectivity index is 0.00000441. The molecule has 0 aromatic heterocycles. The number of halogens is 2. The van der Waals surface area contributed by atoms with E-state index in [0.717, 1.165) is 0 Å². The number of hydrogen-bond donors (Lipinski definition) is 2. The molecular weight excluding hydrogens is 309 g/mol. The van der Waals surface area contributed by atoms with E-state index in [4.69, 9.17) is 10.5 Å². The van der Waals surface area contributed by atoms with E-state index in [-0.39, 0.29) is 31.6 Å². The molecule has 0 heterocycles. The number of nitrogens with zero attached hydrogens (tertiary/aromatic N) is 1. The zero-order valence-electron chi connectivity index (χ0n) is 12.8. The molecule has 7 heteroatoms. The summed E-state index contributed by atoms with van der Waals surface area (Å²) in [6, 6.07) is 6.75. The van der Waals surface area contributed by atoms with Crippen LogP contribution >= 0.6 is 12.4 Å². The molecule has 0 fully saturated rings. The fraction of sp³-hybridized carbons (Fsp3) is 0.400. The summed E-state index contributed by atoms with van der Waals surface area (Å²) in [6.07, 6.45) is 0.457. The number of ether oxygens (including phenoxy) is 1. The third-order valence-electron chi connectivity index (χ3n) is 3.00. The maximum atomic E-state index is 12.3. The molecule has 5 nitrogen and oxygen atoms in total. The van der Waals surface area contributed by atoms with Gasteiger partial charge in [0.2, 0.25) is 0 Å². The van der Waals surface area contributed by atoms with Gasteiger partial charge in [0.1, 0.15) is 12.4 Å². The number of nitrogens with two attached hydrogens (primary N) is 1. The van der Waals surface area contributed by atoms with Crippen molar-refractivity contribution >= 4 is 24.1 Å². The maximum absolute atomic E-state index is 12.3. The predicted octanol–water partition coefficient (Wildman–Crippen LogP) is 3.17. The Bertz CT molecular complexity index is 476. The van der Waals surface area contributed by atoms with Gasteiger partial charge >= 0.3 is 6.03 Å². The summed E-state index contributed by atoms with van der Waals surface area (Å²) in [6.45, 7) is 5.38. The Kier molecular flexibility index (Phi) is 9.98. The SMILES string of the molecule is CCN(CC)C(=O)Nc1ccc(OCC(=CF)CN)cc1.Cl. The minimum absolute atomic E-state index is 0. The molecule has 0 spiro atoms. The van der Waals surface area contributed by atoms with E-state index >= 15 is 0 Å². The Morgan fingerprint density at radius 1 is 1.32 bits per heavy atom. The van der Waals surface area contributed by atoms with Crippen LogP contribution in [0, 0.1) is 0 Å². The van der Waals surface area contributed by atoms with Crippen LogP contribution in [0.4, 0.5) is 14.9 Å². The van der Waals surface area contributed by atoms with Gasteiger partial charge in [-0.15, -0.1) is 12.4 Å². The highest BCUT2D eigenvalue weighted by Crippen LogP contribution is 2.16. The van der Waals surface area contributed by atoms with Crippen LogP contribution < -0.4 is 15.8 Å². The molecule has 2 amide bonds. The first-order valence-corrected chi connectivity index (χ1v) is 6.91. The first-order chi connectivity index (χ1) is 10.1. The van der Waals surface area contributed by atoms with E-state index in [9.17, 15) is 9.18 Å². The zero-order chi connectivity index (χ0) is 15.7. The van der Waals surface area contributed by atoms with Crippen molar-refractivity contribution in [1.82, 2.24) is 4.90 Å². The molecule has 0 unspecified atom stereocenters. The summed E-state index contributed by atoms with van der Waals surface area (Å²) in [7, 11) is 0. The summed E-state index contributed by atoms with van der Waals surface area (Å²) in [4.78, 5) is 13.6. The molecule has 0 aliphatic heterocycles. The fourth-order valence-corrected chi connectivity index (χ4v) is 1.66. The molecule has 0 aliphatic rings. The molecule has 1 rings (SSSR count). The summed E-state index contributed by atoms with van der Waals surface area (Å²) in [5, 5.41) is 2.80. The molecule has 124 valence electrons. The van der Waals surface area contributed by atoms with Gasteiger partial charge in [-0.1, -0.05) is 0 Å². The van der Waals surface area contributed by atoms with Crippen molar-refractivity contribution in [3.8, 4) is 5.75 Å². The van der Waals surface area contributed by atoms with Crippen LogP contribution in [0.5, 0.6) is 5.75 Å². The van der Waals surface area contributed by atoms with E-state index in [1.807, 2.05) is 13.8 Å². The lowest BCUT2D eigenvalue weighted by Gasteiger charge is -2.19. The summed E-state index contributed by atoms with van der Waals surface area (Å²) >= 11 is 0. The average Bonchev–Trinajstić information content (AvgIpc) is 2.51. The van der Waals surface area contributed by atoms with Crippen molar-refractivity contribution in [2.75, 3.05) is 31.6 Å². The number of nitrogens with one attached hydrogen (secondary N) is 1. The quantitative estimate of drug-likeness (QED) is 0.806. The second kappa shape index (κ2) is 10.9. The molecule has 0 radical (unpaired) electrons. The lowest BCUT2D eigenvalue weighted by molar-refractivity contribution is 0.217. The summed E-state index contributed by atoms with van der Waals surface area (Å²) in [5.74, 6) is 0.587. The molecule has 0 saturated carbocycles. The lowest BCUT2D eigenvalue weighted by Crippen LogP contribution is -2.34. The Morgan fingerprint density at radius 2 is 1.91 bits per heavy atom. The van der Waals surface area contributed by atoms with Crippen molar-refractivity contribution in [2.24, 2.45) is 5.73 Å². The third-order valence-corrected chi connectivity index (χ3v) is 3.00.